The van der Waals surface area contributed by atoms with Crippen molar-refractivity contribution in [2.24, 2.45) is 0 Å². The predicted molar refractivity (Wildman–Crippen MR) is 91.0 cm³/mol. The molecule has 0 spiro atoms. The number of benzene rings is 2. The Bertz CT molecular complexity index is 884. The summed E-state index contributed by atoms with van der Waals surface area (Å²) >= 11 is 0. The zero-order chi connectivity index (χ0) is 15.9. The quantitative estimate of drug-likeness (QED) is 0.679. The molecule has 0 aliphatic heterocycles. The van der Waals surface area contributed by atoms with Crippen molar-refractivity contribution in [3.8, 4) is 11.3 Å². The van der Waals surface area contributed by atoms with Crippen LogP contribution in [0.5, 0.6) is 0 Å². The lowest BCUT2D eigenvalue weighted by atomic mass is 9.86. The molecule has 3 rings (SSSR count). The van der Waals surface area contributed by atoms with E-state index in [4.69, 9.17) is 10.2 Å². The summed E-state index contributed by atoms with van der Waals surface area (Å²) in [6, 6.07) is 14.7. The van der Waals surface area contributed by atoms with Crippen LogP contribution in [0.2, 0.25) is 0 Å². The second-order valence-electron chi connectivity index (χ2n) is 6.56. The third kappa shape index (κ3) is 2.62. The van der Waals surface area contributed by atoms with Crippen LogP contribution in [-0.4, -0.2) is 0 Å². The molecule has 112 valence electrons. The van der Waals surface area contributed by atoms with Gasteiger partial charge in [0.05, 0.1) is 5.39 Å². The minimum absolute atomic E-state index is 0.0591. The molecule has 2 N–H and O–H groups in total. The molecule has 0 amide bonds. The van der Waals surface area contributed by atoms with Crippen molar-refractivity contribution in [1.29, 1.82) is 0 Å². The fourth-order valence-electron chi connectivity index (χ4n) is 2.45. The maximum atomic E-state index is 12.2. The number of anilines is 1. The Labute approximate surface area is 129 Å². The molecule has 0 radical (unpaired) electrons. The Morgan fingerprint density at radius 2 is 1.64 bits per heavy atom. The molecule has 3 nitrogen and oxygen atoms in total. The van der Waals surface area contributed by atoms with Crippen LogP contribution in [0.25, 0.3) is 22.3 Å². The molecule has 0 bridgehead atoms. The summed E-state index contributed by atoms with van der Waals surface area (Å²) < 4.78 is 5.85. The molecule has 0 saturated carbocycles. The summed E-state index contributed by atoms with van der Waals surface area (Å²) in [4.78, 5) is 12.2. The molecule has 0 fully saturated rings. The maximum absolute atomic E-state index is 12.2. The average molecular weight is 293 g/mol. The number of rotatable bonds is 1. The van der Waals surface area contributed by atoms with Crippen LogP contribution in [0.4, 0.5) is 5.69 Å². The molecular weight excluding hydrogens is 274 g/mol. The van der Waals surface area contributed by atoms with Gasteiger partial charge in [0.25, 0.3) is 0 Å². The van der Waals surface area contributed by atoms with Crippen LogP contribution >= 0.6 is 0 Å². The normalized spacial score (nSPS) is 11.8. The summed E-state index contributed by atoms with van der Waals surface area (Å²) in [5.74, 6) is 0.559. The molecule has 1 heterocycles. The van der Waals surface area contributed by atoms with E-state index in [1.54, 1.807) is 18.2 Å². The van der Waals surface area contributed by atoms with Gasteiger partial charge in [0.2, 0.25) is 0 Å². The maximum Gasteiger partial charge on any atom is 0.193 e. The third-order valence-electron chi connectivity index (χ3n) is 3.79. The summed E-state index contributed by atoms with van der Waals surface area (Å²) in [7, 11) is 0. The minimum Gasteiger partial charge on any atom is -0.456 e. The van der Waals surface area contributed by atoms with Crippen molar-refractivity contribution in [1.82, 2.24) is 0 Å². The first-order chi connectivity index (χ1) is 10.3. The topological polar surface area (TPSA) is 56.2 Å². The van der Waals surface area contributed by atoms with E-state index in [0.29, 0.717) is 22.4 Å². The fourth-order valence-corrected chi connectivity index (χ4v) is 2.45. The van der Waals surface area contributed by atoms with Crippen LogP contribution in [0, 0.1) is 0 Å². The van der Waals surface area contributed by atoms with Crippen LogP contribution in [0.15, 0.2) is 57.7 Å². The largest absolute Gasteiger partial charge is 0.456 e. The van der Waals surface area contributed by atoms with Crippen molar-refractivity contribution in [3.63, 3.8) is 0 Å². The highest BCUT2D eigenvalue weighted by Gasteiger charge is 2.14. The number of fused-ring (bicyclic) bond motifs is 1. The standard InChI is InChI=1S/C19H19NO2/c1-19(2,3)13-6-4-12(5-7-13)17-11-16(21)15-9-8-14(20)10-18(15)22-17/h4-11H,20H2,1-3H3. The second-order valence-corrected chi connectivity index (χ2v) is 6.56. The molecule has 0 aliphatic rings. The Morgan fingerprint density at radius 3 is 2.27 bits per heavy atom. The highest BCUT2D eigenvalue weighted by atomic mass is 16.3. The monoisotopic (exact) mass is 293 g/mol. The van der Waals surface area contributed by atoms with E-state index in [1.807, 2.05) is 12.1 Å². The van der Waals surface area contributed by atoms with Crippen molar-refractivity contribution in [2.75, 3.05) is 5.73 Å². The van der Waals surface area contributed by atoms with Crippen LogP contribution in [-0.2, 0) is 5.41 Å². The smallest absolute Gasteiger partial charge is 0.193 e. The first kappa shape index (κ1) is 14.4. The lowest BCUT2D eigenvalue weighted by molar-refractivity contribution is 0.589. The highest BCUT2D eigenvalue weighted by Crippen LogP contribution is 2.27. The van der Waals surface area contributed by atoms with Gasteiger partial charge in [-0.1, -0.05) is 45.0 Å². The third-order valence-corrected chi connectivity index (χ3v) is 3.79. The Balaban J connectivity index is 2.12. The molecule has 0 atom stereocenters. The van der Waals surface area contributed by atoms with Gasteiger partial charge in [0.15, 0.2) is 5.43 Å². The number of hydrogen-bond acceptors (Lipinski definition) is 3. The van der Waals surface area contributed by atoms with E-state index in [0.717, 1.165) is 5.56 Å². The molecule has 3 aromatic rings. The first-order valence-corrected chi connectivity index (χ1v) is 7.29. The van der Waals surface area contributed by atoms with Crippen LogP contribution < -0.4 is 11.2 Å². The second kappa shape index (κ2) is 5.02. The van der Waals surface area contributed by atoms with Gasteiger partial charge in [-0.2, -0.15) is 0 Å². The van der Waals surface area contributed by atoms with Gasteiger partial charge in [-0.25, -0.2) is 0 Å². The molecule has 0 saturated heterocycles. The summed E-state index contributed by atoms with van der Waals surface area (Å²) in [5, 5.41) is 0.546. The van der Waals surface area contributed by atoms with Gasteiger partial charge in [-0.15, -0.1) is 0 Å². The summed E-state index contributed by atoms with van der Waals surface area (Å²) in [6.07, 6.45) is 0. The Hall–Kier alpha value is -2.55. The van der Waals surface area contributed by atoms with Gasteiger partial charge in [-0.3, -0.25) is 4.79 Å². The molecule has 2 aromatic carbocycles. The van der Waals surface area contributed by atoms with E-state index >= 15 is 0 Å². The van der Waals surface area contributed by atoms with Crippen LogP contribution in [0.3, 0.4) is 0 Å². The lowest BCUT2D eigenvalue weighted by Crippen LogP contribution is -2.10. The van der Waals surface area contributed by atoms with Crippen molar-refractivity contribution < 1.29 is 4.42 Å². The SMILES string of the molecule is CC(C)(C)c1ccc(-c2cc(=O)c3ccc(N)cc3o2)cc1. The average Bonchev–Trinajstić information content (AvgIpc) is 2.46. The Morgan fingerprint density at radius 1 is 0.955 bits per heavy atom. The molecule has 3 heteroatoms. The number of nitrogens with two attached hydrogens (primary N) is 1. The van der Waals surface area contributed by atoms with E-state index in [-0.39, 0.29) is 10.8 Å². The van der Waals surface area contributed by atoms with E-state index < -0.39 is 0 Å². The Kier molecular flexibility index (Phi) is 3.28. The molecular formula is C19H19NO2. The van der Waals surface area contributed by atoms with Gasteiger partial charge in [0.1, 0.15) is 11.3 Å². The van der Waals surface area contributed by atoms with Gasteiger partial charge >= 0.3 is 0 Å². The number of hydrogen-bond donors (Lipinski definition) is 1. The summed E-state index contributed by atoms with van der Waals surface area (Å²) in [5.41, 5.74) is 9.02. The fraction of sp³-hybridized carbons (Fsp3) is 0.211. The van der Waals surface area contributed by atoms with Crippen molar-refractivity contribution >= 4 is 16.7 Å². The zero-order valence-electron chi connectivity index (χ0n) is 13.0. The molecule has 0 aliphatic carbocycles. The summed E-state index contributed by atoms with van der Waals surface area (Å²) in [6.45, 7) is 6.50. The van der Waals surface area contributed by atoms with Gasteiger partial charge in [-0.05, 0) is 23.1 Å². The molecule has 0 unspecified atom stereocenters. The zero-order valence-corrected chi connectivity index (χ0v) is 13.0. The van der Waals surface area contributed by atoms with Crippen molar-refractivity contribution in [2.45, 2.75) is 26.2 Å². The van der Waals surface area contributed by atoms with Crippen LogP contribution in [0.1, 0.15) is 26.3 Å². The molecule has 22 heavy (non-hydrogen) atoms. The van der Waals surface area contributed by atoms with Gasteiger partial charge in [0, 0.05) is 23.4 Å². The minimum atomic E-state index is -0.0591. The van der Waals surface area contributed by atoms with E-state index in [9.17, 15) is 4.79 Å². The highest BCUT2D eigenvalue weighted by molar-refractivity contribution is 5.81. The predicted octanol–water partition coefficient (Wildman–Crippen LogP) is 4.34. The first-order valence-electron chi connectivity index (χ1n) is 7.29. The lowest BCUT2D eigenvalue weighted by Gasteiger charge is -2.19. The van der Waals surface area contributed by atoms with Gasteiger partial charge < -0.3 is 10.2 Å². The van der Waals surface area contributed by atoms with Crippen molar-refractivity contribution in [3.05, 3.63) is 64.3 Å². The van der Waals surface area contributed by atoms with E-state index in [1.165, 1.54) is 11.6 Å². The number of nitrogen functional groups attached to an aromatic ring is 1. The molecule has 1 aromatic heterocycles. The van der Waals surface area contributed by atoms with E-state index in [2.05, 4.69) is 32.9 Å².